The van der Waals surface area contributed by atoms with Crippen LogP contribution in [-0.4, -0.2) is 29.6 Å². The lowest BCUT2D eigenvalue weighted by Gasteiger charge is -2.16. The van der Waals surface area contributed by atoms with E-state index >= 15 is 0 Å². The molecule has 1 amide bonds. The maximum absolute atomic E-state index is 12.0. The fraction of sp³-hybridized carbons (Fsp3) is 0.625. The van der Waals surface area contributed by atoms with E-state index in [0.717, 1.165) is 37.8 Å². The largest absolute Gasteiger partial charge is 0.474 e. The topological polar surface area (TPSA) is 63.2 Å². The summed E-state index contributed by atoms with van der Waals surface area (Å²) < 4.78 is 5.99. The summed E-state index contributed by atoms with van der Waals surface area (Å²) in [6, 6.07) is 3.82. The molecule has 21 heavy (non-hydrogen) atoms. The van der Waals surface area contributed by atoms with Crippen LogP contribution < -0.4 is 15.4 Å². The lowest BCUT2D eigenvalue weighted by Crippen LogP contribution is -2.40. The predicted molar refractivity (Wildman–Crippen MR) is 80.0 cm³/mol. The van der Waals surface area contributed by atoms with Gasteiger partial charge in [-0.05, 0) is 51.1 Å². The molecule has 5 heteroatoms. The molecule has 2 aliphatic rings. The van der Waals surface area contributed by atoms with E-state index in [0.29, 0.717) is 12.4 Å². The standard InChI is InChI=1S/C16H23N3O2/c20-15(14-8-4-9-17-14)19-11-12-5-3-10-18-16(12)21-13-6-1-2-7-13/h3,5,10,13-14,17H,1-2,4,6-9,11H2,(H,19,20). The van der Waals surface area contributed by atoms with Crippen LogP contribution in [0.15, 0.2) is 18.3 Å². The van der Waals surface area contributed by atoms with Gasteiger partial charge in [-0.1, -0.05) is 6.07 Å². The van der Waals surface area contributed by atoms with Gasteiger partial charge in [-0.15, -0.1) is 0 Å². The van der Waals surface area contributed by atoms with Crippen LogP contribution >= 0.6 is 0 Å². The Morgan fingerprint density at radius 3 is 2.95 bits per heavy atom. The Morgan fingerprint density at radius 1 is 1.33 bits per heavy atom. The zero-order valence-corrected chi connectivity index (χ0v) is 12.3. The van der Waals surface area contributed by atoms with Crippen LogP contribution in [0.25, 0.3) is 0 Å². The number of pyridine rings is 1. The minimum Gasteiger partial charge on any atom is -0.474 e. The highest BCUT2D eigenvalue weighted by Gasteiger charge is 2.22. The fourth-order valence-corrected chi connectivity index (χ4v) is 3.04. The zero-order chi connectivity index (χ0) is 14.5. The molecule has 1 unspecified atom stereocenters. The molecule has 0 aromatic carbocycles. The van der Waals surface area contributed by atoms with E-state index in [1.54, 1.807) is 6.20 Å². The van der Waals surface area contributed by atoms with Crippen molar-refractivity contribution in [2.45, 2.75) is 57.2 Å². The number of ether oxygens (including phenoxy) is 1. The summed E-state index contributed by atoms with van der Waals surface area (Å²) in [5.74, 6) is 0.743. The minimum absolute atomic E-state index is 0.0409. The number of amides is 1. The van der Waals surface area contributed by atoms with Gasteiger partial charge in [-0.3, -0.25) is 4.79 Å². The monoisotopic (exact) mass is 289 g/mol. The molecule has 0 spiro atoms. The molecule has 1 saturated heterocycles. The highest BCUT2D eigenvalue weighted by molar-refractivity contribution is 5.82. The minimum atomic E-state index is -0.0409. The van der Waals surface area contributed by atoms with Gasteiger partial charge in [-0.2, -0.15) is 0 Å². The molecule has 2 fully saturated rings. The van der Waals surface area contributed by atoms with Gasteiger partial charge in [0.05, 0.1) is 6.04 Å². The summed E-state index contributed by atoms with van der Waals surface area (Å²) in [4.78, 5) is 16.4. The average Bonchev–Trinajstić information content (AvgIpc) is 3.19. The SMILES string of the molecule is O=C(NCc1cccnc1OC1CCCC1)C1CCCN1. The number of hydrogen-bond acceptors (Lipinski definition) is 4. The average molecular weight is 289 g/mol. The fourth-order valence-electron chi connectivity index (χ4n) is 3.04. The van der Waals surface area contributed by atoms with Crippen LogP contribution in [0.4, 0.5) is 0 Å². The van der Waals surface area contributed by atoms with E-state index in [1.807, 2.05) is 12.1 Å². The normalized spacial score (nSPS) is 22.4. The van der Waals surface area contributed by atoms with E-state index in [1.165, 1.54) is 12.8 Å². The van der Waals surface area contributed by atoms with Crippen molar-refractivity contribution in [2.24, 2.45) is 0 Å². The van der Waals surface area contributed by atoms with Gasteiger partial charge in [-0.25, -0.2) is 4.98 Å². The van der Waals surface area contributed by atoms with Crippen LogP contribution in [0, 0.1) is 0 Å². The molecular formula is C16H23N3O2. The van der Waals surface area contributed by atoms with Gasteiger partial charge in [0.1, 0.15) is 6.10 Å². The Morgan fingerprint density at radius 2 is 2.19 bits per heavy atom. The molecule has 1 atom stereocenters. The Labute approximate surface area is 125 Å². The zero-order valence-electron chi connectivity index (χ0n) is 12.3. The van der Waals surface area contributed by atoms with Crippen molar-refractivity contribution in [1.82, 2.24) is 15.6 Å². The quantitative estimate of drug-likeness (QED) is 0.867. The Kier molecular flexibility index (Phi) is 4.70. The molecule has 1 saturated carbocycles. The summed E-state index contributed by atoms with van der Waals surface area (Å²) in [6.45, 7) is 1.41. The molecule has 114 valence electrons. The smallest absolute Gasteiger partial charge is 0.237 e. The van der Waals surface area contributed by atoms with Crippen molar-refractivity contribution in [1.29, 1.82) is 0 Å². The molecule has 1 aromatic rings. The number of aromatic nitrogens is 1. The summed E-state index contributed by atoms with van der Waals surface area (Å²) in [6.07, 6.45) is 8.70. The number of nitrogens with one attached hydrogen (secondary N) is 2. The first-order valence-corrected chi connectivity index (χ1v) is 7.94. The molecule has 2 heterocycles. The van der Waals surface area contributed by atoms with E-state index in [9.17, 15) is 4.79 Å². The molecular weight excluding hydrogens is 266 g/mol. The number of carbonyl (C=O) groups excluding carboxylic acids is 1. The van der Waals surface area contributed by atoms with Crippen LogP contribution in [0.5, 0.6) is 5.88 Å². The van der Waals surface area contributed by atoms with Crippen LogP contribution in [-0.2, 0) is 11.3 Å². The molecule has 1 aliphatic heterocycles. The number of hydrogen-bond donors (Lipinski definition) is 2. The Balaban J connectivity index is 1.57. The number of carbonyl (C=O) groups is 1. The molecule has 0 radical (unpaired) electrons. The molecule has 0 bridgehead atoms. The lowest BCUT2D eigenvalue weighted by molar-refractivity contribution is -0.122. The highest BCUT2D eigenvalue weighted by atomic mass is 16.5. The Hall–Kier alpha value is -1.62. The molecule has 5 nitrogen and oxygen atoms in total. The maximum Gasteiger partial charge on any atom is 0.237 e. The summed E-state index contributed by atoms with van der Waals surface area (Å²) in [7, 11) is 0. The molecule has 2 N–H and O–H groups in total. The molecule has 1 aromatic heterocycles. The second kappa shape index (κ2) is 6.89. The highest BCUT2D eigenvalue weighted by Crippen LogP contribution is 2.24. The van der Waals surface area contributed by atoms with E-state index in [2.05, 4.69) is 15.6 Å². The van der Waals surface area contributed by atoms with Gasteiger partial charge >= 0.3 is 0 Å². The third-order valence-electron chi connectivity index (χ3n) is 4.26. The first kappa shape index (κ1) is 14.3. The van der Waals surface area contributed by atoms with Gasteiger partial charge in [0.2, 0.25) is 11.8 Å². The van der Waals surface area contributed by atoms with Gasteiger partial charge in [0.15, 0.2) is 0 Å². The lowest BCUT2D eigenvalue weighted by atomic mass is 10.2. The van der Waals surface area contributed by atoms with Crippen molar-refractivity contribution in [2.75, 3.05) is 6.54 Å². The first-order chi connectivity index (χ1) is 10.3. The summed E-state index contributed by atoms with van der Waals surface area (Å²) >= 11 is 0. The van der Waals surface area contributed by atoms with E-state index in [-0.39, 0.29) is 18.1 Å². The van der Waals surface area contributed by atoms with Crippen molar-refractivity contribution < 1.29 is 9.53 Å². The predicted octanol–water partition coefficient (Wildman–Crippen LogP) is 1.77. The summed E-state index contributed by atoms with van der Waals surface area (Å²) in [5, 5.41) is 6.19. The summed E-state index contributed by atoms with van der Waals surface area (Å²) in [5.41, 5.74) is 0.954. The number of nitrogens with zero attached hydrogens (tertiary/aromatic N) is 1. The van der Waals surface area contributed by atoms with Crippen LogP contribution in [0.3, 0.4) is 0 Å². The van der Waals surface area contributed by atoms with Crippen LogP contribution in [0.1, 0.15) is 44.1 Å². The maximum atomic E-state index is 12.0. The third-order valence-corrected chi connectivity index (χ3v) is 4.26. The van der Waals surface area contributed by atoms with Gasteiger partial charge in [0.25, 0.3) is 0 Å². The second-order valence-corrected chi connectivity index (χ2v) is 5.86. The van der Waals surface area contributed by atoms with Gasteiger partial charge in [0, 0.05) is 18.3 Å². The van der Waals surface area contributed by atoms with Crippen LogP contribution in [0.2, 0.25) is 0 Å². The van der Waals surface area contributed by atoms with Crippen molar-refractivity contribution in [3.63, 3.8) is 0 Å². The Bertz CT molecular complexity index is 480. The van der Waals surface area contributed by atoms with Crippen molar-refractivity contribution in [3.8, 4) is 5.88 Å². The second-order valence-electron chi connectivity index (χ2n) is 5.86. The van der Waals surface area contributed by atoms with Crippen molar-refractivity contribution >= 4 is 5.91 Å². The van der Waals surface area contributed by atoms with Crippen molar-refractivity contribution in [3.05, 3.63) is 23.9 Å². The molecule has 3 rings (SSSR count). The van der Waals surface area contributed by atoms with E-state index < -0.39 is 0 Å². The number of rotatable bonds is 5. The van der Waals surface area contributed by atoms with E-state index in [4.69, 9.17) is 4.74 Å². The first-order valence-electron chi connectivity index (χ1n) is 7.94. The molecule has 1 aliphatic carbocycles. The van der Waals surface area contributed by atoms with Gasteiger partial charge < -0.3 is 15.4 Å². The third kappa shape index (κ3) is 3.73.